The Kier molecular flexibility index (Phi) is 14.3. The van der Waals surface area contributed by atoms with Gasteiger partial charge in [-0.3, -0.25) is 19.7 Å². The van der Waals surface area contributed by atoms with Crippen LogP contribution in [0.2, 0.25) is 0 Å². The first-order valence-electron chi connectivity index (χ1n) is 12.0. The summed E-state index contributed by atoms with van der Waals surface area (Å²) in [6.45, 7) is 13.7. The maximum Gasteiger partial charge on any atom is 0.323 e. The van der Waals surface area contributed by atoms with E-state index in [0.717, 1.165) is 11.1 Å². The predicted octanol–water partition coefficient (Wildman–Crippen LogP) is 3.39. The Morgan fingerprint density at radius 1 is 1.17 bits per heavy atom. The van der Waals surface area contributed by atoms with E-state index in [1.54, 1.807) is 19.2 Å². The number of methoxy groups -OCH3 is 1. The van der Waals surface area contributed by atoms with E-state index in [4.69, 9.17) is 4.74 Å². The Morgan fingerprint density at radius 3 is 2.25 bits per heavy atom. The summed E-state index contributed by atoms with van der Waals surface area (Å²) in [5, 5.41) is 7.20. The second-order valence-corrected chi connectivity index (χ2v) is 7.59. The van der Waals surface area contributed by atoms with E-state index < -0.39 is 17.5 Å². The zero-order valence-electron chi connectivity index (χ0n) is 22.9. The Balaban J connectivity index is 0.00000119. The molecule has 2 heterocycles. The summed E-state index contributed by atoms with van der Waals surface area (Å²) in [4.78, 5) is 48.1. The molecule has 1 aromatic rings. The monoisotopic (exact) mass is 500 g/mol. The van der Waals surface area contributed by atoms with Gasteiger partial charge >= 0.3 is 6.03 Å². The Bertz CT molecular complexity index is 1020. The molecule has 1 aromatic carbocycles. The summed E-state index contributed by atoms with van der Waals surface area (Å²) in [7, 11) is 3.14. The third-order valence-corrected chi connectivity index (χ3v) is 4.83. The lowest BCUT2D eigenvalue weighted by molar-refractivity contribution is -0.122. The van der Waals surface area contributed by atoms with Crippen molar-refractivity contribution in [3.05, 3.63) is 41.0 Å². The molecule has 2 aliphatic heterocycles. The van der Waals surface area contributed by atoms with Gasteiger partial charge in [-0.2, -0.15) is 0 Å². The zero-order chi connectivity index (χ0) is 27.9. The van der Waals surface area contributed by atoms with Crippen molar-refractivity contribution in [2.75, 3.05) is 20.7 Å². The molecule has 1 fully saturated rings. The fourth-order valence-corrected chi connectivity index (χ4v) is 3.07. The van der Waals surface area contributed by atoms with Crippen LogP contribution < -0.4 is 20.7 Å². The minimum atomic E-state index is -1.45. The van der Waals surface area contributed by atoms with Crippen molar-refractivity contribution in [1.29, 1.82) is 0 Å². The number of nitrogens with zero attached hydrogens (tertiary/aromatic N) is 1. The van der Waals surface area contributed by atoms with Gasteiger partial charge in [0.15, 0.2) is 5.54 Å². The first-order valence-corrected chi connectivity index (χ1v) is 12.0. The lowest BCUT2D eigenvalue weighted by Gasteiger charge is -2.26. The Morgan fingerprint density at radius 2 is 1.78 bits per heavy atom. The first-order chi connectivity index (χ1) is 17.1. The highest BCUT2D eigenvalue weighted by atomic mass is 16.5. The minimum absolute atomic E-state index is 0.00463. The molecule has 0 aromatic heterocycles. The van der Waals surface area contributed by atoms with Gasteiger partial charge in [0.1, 0.15) is 5.75 Å². The molecular formula is C27H40N4O5. The average molecular weight is 501 g/mol. The molecule has 5 amide bonds. The van der Waals surface area contributed by atoms with Crippen molar-refractivity contribution in [3.63, 3.8) is 0 Å². The van der Waals surface area contributed by atoms with Crippen LogP contribution in [0.15, 0.2) is 29.8 Å². The SMILES string of the molecule is CC.CC.CNC(C)=O.COc1ccc2c(c1)C(=O)N(C[C@@]1(C#CCC=C(C)C)NC(=O)NC1=O)C2. The molecule has 0 unspecified atom stereocenters. The number of nitrogens with one attached hydrogen (secondary N) is 3. The first kappa shape index (κ1) is 32.2. The molecule has 9 heteroatoms. The van der Waals surface area contributed by atoms with E-state index in [2.05, 4.69) is 27.8 Å². The van der Waals surface area contributed by atoms with Crippen LogP contribution in [0.3, 0.4) is 0 Å². The highest BCUT2D eigenvalue weighted by Gasteiger charge is 2.48. The van der Waals surface area contributed by atoms with E-state index in [9.17, 15) is 19.2 Å². The van der Waals surface area contributed by atoms with Crippen molar-refractivity contribution in [3.8, 4) is 17.6 Å². The summed E-state index contributed by atoms with van der Waals surface area (Å²) >= 11 is 0. The summed E-state index contributed by atoms with van der Waals surface area (Å²) in [6.07, 6.45) is 2.39. The van der Waals surface area contributed by atoms with Gasteiger partial charge < -0.3 is 20.3 Å². The summed E-state index contributed by atoms with van der Waals surface area (Å²) in [5.41, 5.74) is 1.04. The van der Waals surface area contributed by atoms with E-state index >= 15 is 0 Å². The van der Waals surface area contributed by atoms with Crippen molar-refractivity contribution in [2.24, 2.45) is 0 Å². The quantitative estimate of drug-likeness (QED) is 0.333. The number of urea groups is 1. The molecule has 0 radical (unpaired) electrons. The molecule has 3 rings (SSSR count). The number of ether oxygens (including phenoxy) is 1. The topological polar surface area (TPSA) is 117 Å². The van der Waals surface area contributed by atoms with Gasteiger partial charge in [0, 0.05) is 32.5 Å². The largest absolute Gasteiger partial charge is 0.497 e. The number of amides is 5. The van der Waals surface area contributed by atoms with Crippen LogP contribution in [0, 0.1) is 11.8 Å². The van der Waals surface area contributed by atoms with Gasteiger partial charge in [0.2, 0.25) is 5.91 Å². The molecule has 36 heavy (non-hydrogen) atoms. The molecule has 2 aliphatic rings. The molecule has 9 nitrogen and oxygen atoms in total. The number of benzene rings is 1. The molecule has 0 aliphatic carbocycles. The van der Waals surface area contributed by atoms with Gasteiger partial charge in [0.05, 0.1) is 13.7 Å². The second-order valence-electron chi connectivity index (χ2n) is 7.59. The van der Waals surface area contributed by atoms with E-state index in [1.807, 2.05) is 53.7 Å². The number of fused-ring (bicyclic) bond motifs is 1. The molecule has 0 bridgehead atoms. The Labute approximate surface area is 215 Å². The van der Waals surface area contributed by atoms with Crippen molar-refractivity contribution in [2.45, 2.75) is 67.0 Å². The predicted molar refractivity (Wildman–Crippen MR) is 141 cm³/mol. The lowest BCUT2D eigenvalue weighted by Crippen LogP contribution is -2.54. The fraction of sp³-hybridized carbons (Fsp3) is 0.481. The number of carbonyl (C=O) groups excluding carboxylic acids is 4. The highest BCUT2D eigenvalue weighted by Crippen LogP contribution is 2.28. The number of allylic oxidation sites excluding steroid dienone is 2. The van der Waals surface area contributed by atoms with Gasteiger partial charge in [-0.25, -0.2) is 4.79 Å². The number of hydrogen-bond donors (Lipinski definition) is 3. The van der Waals surface area contributed by atoms with Crippen LogP contribution >= 0.6 is 0 Å². The molecular weight excluding hydrogens is 460 g/mol. The standard InChI is InChI=1S/C20H21N3O4.C3H7NO.2C2H6/c1-13(2)6-4-5-9-20(18(25)21-19(26)22-20)12-23-11-14-7-8-15(27-3)10-16(14)17(23)24;1-3(5)4-2;2*1-2/h6-8,10H,4,11-12H2,1-3H3,(H2,21,22,25,26);1-2H3,(H,4,5);2*1-2H3/t20-;;;/m1.../s1. The normalized spacial score (nSPS) is 16.6. The van der Waals surface area contributed by atoms with Crippen molar-refractivity contribution < 1.29 is 23.9 Å². The maximum atomic E-state index is 12.8. The minimum Gasteiger partial charge on any atom is -0.497 e. The van der Waals surface area contributed by atoms with Crippen LogP contribution in [0.1, 0.15) is 70.8 Å². The molecule has 1 saturated heterocycles. The summed E-state index contributed by atoms with van der Waals surface area (Å²) in [5.74, 6) is 5.62. The highest BCUT2D eigenvalue weighted by molar-refractivity contribution is 6.10. The van der Waals surface area contributed by atoms with Crippen LogP contribution in [0.4, 0.5) is 4.79 Å². The van der Waals surface area contributed by atoms with Crippen LogP contribution in [0.25, 0.3) is 0 Å². The number of hydrogen-bond acceptors (Lipinski definition) is 5. The van der Waals surface area contributed by atoms with Crippen molar-refractivity contribution >= 4 is 23.8 Å². The third-order valence-electron chi connectivity index (χ3n) is 4.83. The summed E-state index contributed by atoms with van der Waals surface area (Å²) in [6, 6.07) is 4.68. The molecule has 0 spiro atoms. The van der Waals surface area contributed by atoms with Gasteiger partial charge in [-0.1, -0.05) is 57.3 Å². The molecule has 0 saturated carbocycles. The van der Waals surface area contributed by atoms with Gasteiger partial charge in [0.25, 0.3) is 11.8 Å². The van der Waals surface area contributed by atoms with Gasteiger partial charge in [-0.05, 0) is 31.5 Å². The molecule has 198 valence electrons. The molecule has 3 N–H and O–H groups in total. The zero-order valence-corrected chi connectivity index (χ0v) is 22.9. The number of carbonyl (C=O) groups is 4. The van der Waals surface area contributed by atoms with Gasteiger partial charge in [-0.15, -0.1) is 0 Å². The van der Waals surface area contributed by atoms with Crippen LogP contribution in [-0.4, -0.2) is 54.9 Å². The van der Waals surface area contributed by atoms with E-state index in [0.29, 0.717) is 24.3 Å². The second kappa shape index (κ2) is 16.0. The maximum absolute atomic E-state index is 12.8. The lowest BCUT2D eigenvalue weighted by atomic mass is 9.99. The third kappa shape index (κ3) is 9.10. The van der Waals surface area contributed by atoms with Crippen LogP contribution in [0.5, 0.6) is 5.75 Å². The van der Waals surface area contributed by atoms with Crippen LogP contribution in [-0.2, 0) is 16.1 Å². The van der Waals surface area contributed by atoms with Crippen molar-refractivity contribution in [1.82, 2.24) is 20.9 Å². The fourth-order valence-electron chi connectivity index (χ4n) is 3.07. The summed E-state index contributed by atoms with van der Waals surface area (Å²) < 4.78 is 5.17. The van der Waals surface area contributed by atoms with E-state index in [-0.39, 0.29) is 18.4 Å². The Hall–Kier alpha value is -3.80. The van der Waals surface area contributed by atoms with E-state index in [1.165, 1.54) is 18.9 Å². The number of rotatable bonds is 4. The average Bonchev–Trinajstić information content (AvgIpc) is 3.33. The molecule has 1 atom stereocenters. The smallest absolute Gasteiger partial charge is 0.323 e. The number of imide groups is 1.